The largest absolute Gasteiger partial charge is 0.375 e. The Bertz CT molecular complexity index is 1070. The summed E-state index contributed by atoms with van der Waals surface area (Å²) in [6.07, 6.45) is 3.50. The number of nitrogens with zero attached hydrogens (tertiary/aromatic N) is 5. The molecule has 1 fully saturated rings. The van der Waals surface area contributed by atoms with Gasteiger partial charge in [-0.05, 0) is 31.2 Å². The van der Waals surface area contributed by atoms with Crippen molar-refractivity contribution in [2.75, 3.05) is 13.2 Å². The van der Waals surface area contributed by atoms with Crippen LogP contribution in [0.3, 0.4) is 0 Å². The Balaban J connectivity index is 1.42. The van der Waals surface area contributed by atoms with Crippen molar-refractivity contribution in [3.05, 3.63) is 54.8 Å². The Morgan fingerprint density at radius 3 is 2.93 bits per heavy atom. The summed E-state index contributed by atoms with van der Waals surface area (Å²) in [4.78, 5) is 13.5. The third-order valence-electron chi connectivity index (χ3n) is 4.73. The second kappa shape index (κ2) is 6.57. The monoisotopic (exact) mass is 362 g/mol. The first-order valence-electron chi connectivity index (χ1n) is 8.87. The molecule has 1 aromatic carbocycles. The van der Waals surface area contributed by atoms with E-state index in [-0.39, 0.29) is 12.1 Å². The maximum Gasteiger partial charge on any atom is 0.246 e. The predicted molar refractivity (Wildman–Crippen MR) is 98.3 cm³/mol. The maximum absolute atomic E-state index is 5.64. The summed E-state index contributed by atoms with van der Waals surface area (Å²) in [5.41, 5.74) is 2.74. The van der Waals surface area contributed by atoms with Gasteiger partial charge in [-0.3, -0.25) is 4.57 Å². The normalized spacial score (nSPS) is 20.2. The Labute approximate surface area is 155 Å². The molecule has 27 heavy (non-hydrogen) atoms. The average Bonchev–Trinajstić information content (AvgIpc) is 3.36. The fourth-order valence-electron chi connectivity index (χ4n) is 3.29. The minimum Gasteiger partial charge on any atom is -0.375 e. The lowest BCUT2D eigenvalue weighted by Crippen LogP contribution is -2.40. The molecule has 1 aliphatic heterocycles. The third-order valence-corrected chi connectivity index (χ3v) is 4.73. The number of nitrogens with one attached hydrogen (secondary N) is 1. The van der Waals surface area contributed by atoms with Crippen LogP contribution in [0.2, 0.25) is 0 Å². The van der Waals surface area contributed by atoms with Crippen LogP contribution >= 0.6 is 0 Å². The van der Waals surface area contributed by atoms with Gasteiger partial charge in [-0.1, -0.05) is 17.3 Å². The molecule has 0 aliphatic carbocycles. The zero-order chi connectivity index (χ0) is 18.2. The molecule has 4 heterocycles. The van der Waals surface area contributed by atoms with E-state index < -0.39 is 0 Å². The summed E-state index contributed by atoms with van der Waals surface area (Å²) >= 11 is 0. The molecule has 5 rings (SSSR count). The number of morpholine rings is 1. The fourth-order valence-corrected chi connectivity index (χ4v) is 3.29. The predicted octanol–water partition coefficient (Wildman–Crippen LogP) is 2.52. The number of fused-ring (bicyclic) bond motifs is 1. The first kappa shape index (κ1) is 16.1. The van der Waals surface area contributed by atoms with Gasteiger partial charge in [0.05, 0.1) is 23.7 Å². The van der Waals surface area contributed by atoms with Gasteiger partial charge in [0.15, 0.2) is 0 Å². The van der Waals surface area contributed by atoms with Gasteiger partial charge >= 0.3 is 0 Å². The molecular formula is C19H18N6O2. The van der Waals surface area contributed by atoms with Crippen LogP contribution in [0.1, 0.15) is 18.9 Å². The van der Waals surface area contributed by atoms with Crippen molar-refractivity contribution in [3.63, 3.8) is 0 Å². The van der Waals surface area contributed by atoms with Crippen molar-refractivity contribution in [2.24, 2.45) is 0 Å². The number of ether oxygens (including phenoxy) is 1. The molecule has 0 unspecified atom stereocenters. The second-order valence-electron chi connectivity index (χ2n) is 6.47. The van der Waals surface area contributed by atoms with Gasteiger partial charge in [0, 0.05) is 18.3 Å². The SMILES string of the molecule is C[C@H]1OCCN[C@@H]1c1nc(-c2ccc(-n3cnc4ccccc43)nc2)no1. The molecule has 0 amide bonds. The highest BCUT2D eigenvalue weighted by Gasteiger charge is 2.28. The highest BCUT2D eigenvalue weighted by atomic mass is 16.5. The van der Waals surface area contributed by atoms with Gasteiger partial charge in [0.1, 0.15) is 18.2 Å². The molecule has 0 saturated carbocycles. The summed E-state index contributed by atoms with van der Waals surface area (Å²) in [5, 5.41) is 7.45. The average molecular weight is 362 g/mol. The molecule has 8 nitrogen and oxygen atoms in total. The number of imidazole rings is 1. The summed E-state index contributed by atoms with van der Waals surface area (Å²) in [6.45, 7) is 3.45. The number of hydrogen-bond donors (Lipinski definition) is 1. The first-order chi connectivity index (χ1) is 13.3. The molecule has 4 aromatic rings. The van der Waals surface area contributed by atoms with E-state index in [0.29, 0.717) is 18.3 Å². The molecule has 1 N–H and O–H groups in total. The van der Waals surface area contributed by atoms with E-state index in [1.165, 1.54) is 0 Å². The number of aromatic nitrogens is 5. The first-order valence-corrected chi connectivity index (χ1v) is 8.87. The molecule has 8 heteroatoms. The van der Waals surface area contributed by atoms with Crippen LogP contribution in [-0.4, -0.2) is 43.9 Å². The number of hydrogen-bond acceptors (Lipinski definition) is 7. The smallest absolute Gasteiger partial charge is 0.246 e. The third kappa shape index (κ3) is 2.88. The maximum atomic E-state index is 5.64. The van der Waals surface area contributed by atoms with E-state index >= 15 is 0 Å². The van der Waals surface area contributed by atoms with Crippen LogP contribution < -0.4 is 5.32 Å². The van der Waals surface area contributed by atoms with Gasteiger partial charge in [-0.15, -0.1) is 0 Å². The van der Waals surface area contributed by atoms with E-state index in [1.807, 2.05) is 47.9 Å². The van der Waals surface area contributed by atoms with Crippen LogP contribution in [0.25, 0.3) is 28.2 Å². The molecule has 2 atom stereocenters. The highest BCUT2D eigenvalue weighted by molar-refractivity contribution is 5.76. The zero-order valence-electron chi connectivity index (χ0n) is 14.7. The summed E-state index contributed by atoms with van der Waals surface area (Å²) < 4.78 is 13.0. The Morgan fingerprint density at radius 1 is 1.15 bits per heavy atom. The summed E-state index contributed by atoms with van der Waals surface area (Å²) in [5.74, 6) is 1.83. The molecule has 1 aliphatic rings. The quantitative estimate of drug-likeness (QED) is 0.599. The van der Waals surface area contributed by atoms with Crippen LogP contribution in [0, 0.1) is 0 Å². The molecule has 0 bridgehead atoms. The Morgan fingerprint density at radius 2 is 2.07 bits per heavy atom. The lowest BCUT2D eigenvalue weighted by molar-refractivity contribution is -0.00136. The van der Waals surface area contributed by atoms with Gasteiger partial charge in [0.25, 0.3) is 0 Å². The van der Waals surface area contributed by atoms with Gasteiger partial charge < -0.3 is 14.6 Å². The van der Waals surface area contributed by atoms with E-state index in [1.54, 1.807) is 12.5 Å². The molecule has 0 radical (unpaired) electrons. The van der Waals surface area contributed by atoms with E-state index in [2.05, 4.69) is 25.4 Å². The lowest BCUT2D eigenvalue weighted by Gasteiger charge is -2.27. The fraction of sp³-hybridized carbons (Fsp3) is 0.263. The topological polar surface area (TPSA) is 90.9 Å². The van der Waals surface area contributed by atoms with Gasteiger partial charge in [-0.25, -0.2) is 9.97 Å². The van der Waals surface area contributed by atoms with E-state index in [9.17, 15) is 0 Å². The van der Waals surface area contributed by atoms with Crippen molar-refractivity contribution >= 4 is 11.0 Å². The van der Waals surface area contributed by atoms with Gasteiger partial charge in [0.2, 0.25) is 11.7 Å². The van der Waals surface area contributed by atoms with Crippen molar-refractivity contribution < 1.29 is 9.26 Å². The van der Waals surface area contributed by atoms with Crippen molar-refractivity contribution in [2.45, 2.75) is 19.1 Å². The summed E-state index contributed by atoms with van der Waals surface area (Å²) in [7, 11) is 0. The van der Waals surface area contributed by atoms with E-state index in [4.69, 9.17) is 9.26 Å². The van der Waals surface area contributed by atoms with Crippen LogP contribution in [0.5, 0.6) is 0 Å². The second-order valence-corrected chi connectivity index (χ2v) is 6.47. The van der Waals surface area contributed by atoms with Gasteiger partial charge in [-0.2, -0.15) is 4.98 Å². The van der Waals surface area contributed by atoms with Crippen molar-refractivity contribution in [1.29, 1.82) is 0 Å². The minimum absolute atomic E-state index is 0.0120. The number of benzene rings is 1. The minimum atomic E-state index is -0.0930. The van der Waals surface area contributed by atoms with Crippen LogP contribution in [0.15, 0.2) is 53.4 Å². The molecular weight excluding hydrogens is 344 g/mol. The van der Waals surface area contributed by atoms with Crippen LogP contribution in [0.4, 0.5) is 0 Å². The van der Waals surface area contributed by atoms with Crippen molar-refractivity contribution in [3.8, 4) is 17.2 Å². The standard InChI is InChI=1S/C19H18N6O2/c1-12-17(20-8-9-26-12)19-23-18(24-27-19)13-6-7-16(21-10-13)25-11-22-14-4-2-3-5-15(14)25/h2-7,10-12,17,20H,8-9H2,1H3/t12-,17+/m1/s1. The van der Waals surface area contributed by atoms with E-state index in [0.717, 1.165) is 29.0 Å². The van der Waals surface area contributed by atoms with Crippen molar-refractivity contribution in [1.82, 2.24) is 30.0 Å². The Kier molecular flexibility index (Phi) is 3.92. The number of rotatable bonds is 3. The molecule has 0 spiro atoms. The summed E-state index contributed by atoms with van der Waals surface area (Å²) in [6, 6.07) is 11.7. The zero-order valence-corrected chi connectivity index (χ0v) is 14.7. The Hall–Kier alpha value is -3.10. The molecule has 3 aromatic heterocycles. The number of pyridine rings is 1. The number of para-hydroxylation sites is 2. The lowest BCUT2D eigenvalue weighted by atomic mass is 10.1. The molecule has 136 valence electrons. The highest BCUT2D eigenvalue weighted by Crippen LogP contribution is 2.24. The van der Waals surface area contributed by atoms with Crippen LogP contribution in [-0.2, 0) is 4.74 Å². The molecule has 1 saturated heterocycles.